The van der Waals surface area contributed by atoms with Crippen molar-refractivity contribution in [3.8, 4) is 0 Å². The van der Waals surface area contributed by atoms with Crippen LogP contribution in [0, 0.1) is 0 Å². The van der Waals surface area contributed by atoms with Crippen LogP contribution in [0.15, 0.2) is 28.7 Å². The van der Waals surface area contributed by atoms with Gasteiger partial charge in [0, 0.05) is 23.1 Å². The minimum atomic E-state index is -2.94. The van der Waals surface area contributed by atoms with Crippen molar-refractivity contribution in [2.45, 2.75) is 18.5 Å². The average molecular weight is 347 g/mol. The molecule has 2 N–H and O–H groups in total. The van der Waals surface area contributed by atoms with Gasteiger partial charge in [0.05, 0.1) is 11.5 Å². The minimum absolute atomic E-state index is 0.168. The number of halogens is 1. The molecule has 1 fully saturated rings. The van der Waals surface area contributed by atoms with E-state index >= 15 is 0 Å². The molecule has 0 saturated carbocycles. The van der Waals surface area contributed by atoms with Crippen LogP contribution in [-0.4, -0.2) is 44.0 Å². The minimum Gasteiger partial charge on any atom is -0.329 e. The smallest absolute Gasteiger partial charge is 0.152 e. The molecule has 19 heavy (non-hydrogen) atoms. The van der Waals surface area contributed by atoms with Crippen molar-refractivity contribution in [2.24, 2.45) is 5.73 Å². The van der Waals surface area contributed by atoms with Crippen LogP contribution in [-0.2, 0) is 16.4 Å². The van der Waals surface area contributed by atoms with Crippen LogP contribution in [0.3, 0.4) is 0 Å². The summed E-state index contributed by atoms with van der Waals surface area (Å²) in [5.41, 5.74) is 6.59. The molecule has 1 unspecified atom stereocenters. The molecular weight excluding hydrogens is 328 g/mol. The van der Waals surface area contributed by atoms with Gasteiger partial charge in [0.15, 0.2) is 9.84 Å². The highest BCUT2D eigenvalue weighted by Crippen LogP contribution is 2.29. The van der Waals surface area contributed by atoms with Gasteiger partial charge >= 0.3 is 0 Å². The topological polar surface area (TPSA) is 63.4 Å². The largest absolute Gasteiger partial charge is 0.329 e. The highest BCUT2D eigenvalue weighted by Gasteiger charge is 2.44. The summed E-state index contributed by atoms with van der Waals surface area (Å²) in [4.78, 5) is 2.08. The molecule has 6 heteroatoms. The summed E-state index contributed by atoms with van der Waals surface area (Å²) in [5, 5.41) is 0. The molecule has 0 radical (unpaired) electrons. The Kier molecular flexibility index (Phi) is 4.35. The fourth-order valence-electron chi connectivity index (χ4n) is 2.59. The monoisotopic (exact) mass is 346 g/mol. The van der Waals surface area contributed by atoms with Crippen molar-refractivity contribution >= 4 is 25.8 Å². The Balaban J connectivity index is 2.16. The molecule has 106 valence electrons. The third-order valence-electron chi connectivity index (χ3n) is 3.87. The quantitative estimate of drug-likeness (QED) is 0.894. The molecular formula is C13H19BrN2O2S. The van der Waals surface area contributed by atoms with Gasteiger partial charge < -0.3 is 5.73 Å². The molecule has 0 amide bonds. The SMILES string of the molecule is CN(Cc1cccc(Br)c1)C1(CN)CCS(=O)(=O)C1. The first-order valence-corrected chi connectivity index (χ1v) is 8.84. The normalized spacial score (nSPS) is 25.9. The number of nitrogens with two attached hydrogens (primary N) is 1. The molecule has 1 aromatic rings. The number of rotatable bonds is 4. The molecule has 0 aliphatic carbocycles. The van der Waals surface area contributed by atoms with E-state index in [4.69, 9.17) is 5.73 Å². The lowest BCUT2D eigenvalue weighted by Gasteiger charge is -2.36. The second-order valence-corrected chi connectivity index (χ2v) is 8.36. The summed E-state index contributed by atoms with van der Waals surface area (Å²) in [6.07, 6.45) is 0.621. The van der Waals surface area contributed by atoms with Crippen molar-refractivity contribution < 1.29 is 8.42 Å². The van der Waals surface area contributed by atoms with Crippen LogP contribution in [0.2, 0.25) is 0 Å². The third kappa shape index (κ3) is 3.37. The van der Waals surface area contributed by atoms with E-state index in [-0.39, 0.29) is 11.5 Å². The molecule has 0 bridgehead atoms. The second kappa shape index (κ2) is 5.52. The Hall–Kier alpha value is -0.430. The number of sulfone groups is 1. The summed E-state index contributed by atoms with van der Waals surface area (Å²) in [7, 11) is -0.989. The predicted octanol–water partition coefficient (Wildman–Crippen LogP) is 1.40. The van der Waals surface area contributed by atoms with Crippen LogP contribution < -0.4 is 5.73 Å². The summed E-state index contributed by atoms with van der Waals surface area (Å²) in [5.74, 6) is 0.411. The van der Waals surface area contributed by atoms with Crippen LogP contribution in [0.25, 0.3) is 0 Å². The Morgan fingerprint density at radius 1 is 1.47 bits per heavy atom. The predicted molar refractivity (Wildman–Crippen MR) is 80.7 cm³/mol. The zero-order valence-electron chi connectivity index (χ0n) is 11.0. The van der Waals surface area contributed by atoms with Gasteiger partial charge in [-0.25, -0.2) is 8.42 Å². The Morgan fingerprint density at radius 2 is 2.21 bits per heavy atom. The maximum atomic E-state index is 11.7. The van der Waals surface area contributed by atoms with Gasteiger partial charge in [0.1, 0.15) is 0 Å². The standard InChI is InChI=1S/C13H19BrN2O2S/c1-16(8-11-3-2-4-12(14)7-11)13(9-15)5-6-19(17,18)10-13/h2-4,7H,5-6,8-10,15H2,1H3. The highest BCUT2D eigenvalue weighted by molar-refractivity contribution is 9.10. The van der Waals surface area contributed by atoms with E-state index in [0.717, 1.165) is 10.0 Å². The van der Waals surface area contributed by atoms with Crippen molar-refractivity contribution in [3.63, 3.8) is 0 Å². The summed E-state index contributed by atoms with van der Waals surface area (Å²) in [6, 6.07) is 8.04. The Morgan fingerprint density at radius 3 is 2.74 bits per heavy atom. The van der Waals surface area contributed by atoms with Crippen molar-refractivity contribution in [3.05, 3.63) is 34.3 Å². The first kappa shape index (κ1) is 15.0. The van der Waals surface area contributed by atoms with Crippen LogP contribution in [0.4, 0.5) is 0 Å². The fourth-order valence-corrected chi connectivity index (χ4v) is 5.18. The first-order chi connectivity index (χ1) is 8.87. The third-order valence-corrected chi connectivity index (χ3v) is 6.16. The van der Waals surface area contributed by atoms with Gasteiger partial charge in [0.2, 0.25) is 0 Å². The lowest BCUT2D eigenvalue weighted by Crippen LogP contribution is -2.52. The van der Waals surface area contributed by atoms with Crippen molar-refractivity contribution in [2.75, 3.05) is 25.1 Å². The first-order valence-electron chi connectivity index (χ1n) is 6.23. The molecule has 1 saturated heterocycles. The molecule has 0 aromatic heterocycles. The second-order valence-electron chi connectivity index (χ2n) is 5.26. The molecule has 4 nitrogen and oxygen atoms in total. The Bertz CT molecular complexity index is 562. The van der Waals surface area contributed by atoms with Crippen LogP contribution >= 0.6 is 15.9 Å². The van der Waals surface area contributed by atoms with Gasteiger partial charge in [-0.15, -0.1) is 0 Å². The average Bonchev–Trinajstić information content (AvgIpc) is 2.66. The van der Waals surface area contributed by atoms with Crippen molar-refractivity contribution in [1.29, 1.82) is 0 Å². The number of hydrogen-bond donors (Lipinski definition) is 1. The van der Waals surface area contributed by atoms with Crippen molar-refractivity contribution in [1.82, 2.24) is 4.90 Å². The summed E-state index contributed by atoms with van der Waals surface area (Å²) >= 11 is 3.45. The maximum absolute atomic E-state index is 11.7. The maximum Gasteiger partial charge on any atom is 0.152 e. The van der Waals surface area contributed by atoms with E-state index in [1.807, 2.05) is 31.3 Å². The molecule has 2 rings (SSSR count). The molecule has 1 aromatic carbocycles. The number of nitrogens with zero attached hydrogens (tertiary/aromatic N) is 1. The van der Waals surface area contributed by atoms with Gasteiger partial charge in [-0.2, -0.15) is 0 Å². The molecule has 1 atom stereocenters. The fraction of sp³-hybridized carbons (Fsp3) is 0.538. The van der Waals surface area contributed by atoms with E-state index in [9.17, 15) is 8.42 Å². The lowest BCUT2D eigenvalue weighted by molar-refractivity contribution is 0.143. The molecule has 0 spiro atoms. The van der Waals surface area contributed by atoms with E-state index in [2.05, 4.69) is 20.8 Å². The molecule has 1 aliphatic heterocycles. The van der Waals surface area contributed by atoms with E-state index < -0.39 is 15.4 Å². The van der Waals surface area contributed by atoms with E-state index in [1.165, 1.54) is 0 Å². The summed E-state index contributed by atoms with van der Waals surface area (Å²) in [6.45, 7) is 1.07. The lowest BCUT2D eigenvalue weighted by atomic mass is 9.96. The van der Waals surface area contributed by atoms with Gasteiger partial charge in [-0.1, -0.05) is 28.1 Å². The van der Waals surface area contributed by atoms with E-state index in [1.54, 1.807) is 0 Å². The van der Waals surface area contributed by atoms with Crippen LogP contribution in [0.5, 0.6) is 0 Å². The number of hydrogen-bond acceptors (Lipinski definition) is 4. The van der Waals surface area contributed by atoms with Gasteiger partial charge in [-0.3, -0.25) is 4.90 Å². The number of benzene rings is 1. The highest BCUT2D eigenvalue weighted by atomic mass is 79.9. The number of likely N-dealkylation sites (N-methyl/N-ethyl adjacent to an activating group) is 1. The summed E-state index contributed by atoms with van der Waals surface area (Å²) < 4.78 is 24.5. The molecule has 1 aliphatic rings. The Labute approximate surface area is 123 Å². The van der Waals surface area contributed by atoms with Gasteiger partial charge in [0.25, 0.3) is 0 Å². The van der Waals surface area contributed by atoms with E-state index in [0.29, 0.717) is 19.5 Å². The van der Waals surface area contributed by atoms with Gasteiger partial charge in [-0.05, 0) is 31.2 Å². The zero-order valence-corrected chi connectivity index (χ0v) is 13.4. The molecule has 1 heterocycles. The van der Waals surface area contributed by atoms with Crippen LogP contribution in [0.1, 0.15) is 12.0 Å². The zero-order chi connectivity index (χ0) is 14.1.